The lowest BCUT2D eigenvalue weighted by Crippen LogP contribution is -1.86. The van der Waals surface area contributed by atoms with Crippen LogP contribution in [0.2, 0.25) is 0 Å². The van der Waals surface area contributed by atoms with Gasteiger partial charge in [-0.3, -0.25) is 0 Å². The van der Waals surface area contributed by atoms with E-state index in [1.54, 1.807) is 25.1 Å². The van der Waals surface area contributed by atoms with Crippen molar-refractivity contribution in [1.29, 1.82) is 5.26 Å². The summed E-state index contributed by atoms with van der Waals surface area (Å²) in [6, 6.07) is 6.42. The molecule has 0 aliphatic rings. The van der Waals surface area contributed by atoms with Crippen LogP contribution in [-0.2, 0) is 0 Å². The zero-order chi connectivity index (χ0) is 9.84. The summed E-state index contributed by atoms with van der Waals surface area (Å²) < 4.78 is 13.2. The Balaban J connectivity index is 3.18. The maximum atomic E-state index is 13.2. The molecule has 1 aromatic carbocycles. The molecule has 0 aromatic heterocycles. The largest absolute Gasteiger partial charge is 0.206 e. The van der Waals surface area contributed by atoms with Gasteiger partial charge in [0.2, 0.25) is 0 Å². The first-order chi connectivity index (χ1) is 6.15. The molecule has 0 heterocycles. The van der Waals surface area contributed by atoms with Gasteiger partial charge in [0.05, 0.1) is 11.1 Å². The Morgan fingerprint density at radius 2 is 2.31 bits per heavy atom. The summed E-state index contributed by atoms with van der Waals surface area (Å²) in [7, 11) is 0. The van der Waals surface area contributed by atoms with E-state index < -0.39 is 5.82 Å². The van der Waals surface area contributed by atoms with Crippen molar-refractivity contribution < 1.29 is 4.39 Å². The lowest BCUT2D eigenvalue weighted by molar-refractivity contribution is 0.623. The predicted octanol–water partition coefficient (Wildman–Crippen LogP) is 3.24. The first-order valence-corrected chi connectivity index (χ1v) is 4.04. The van der Waals surface area contributed by atoms with Crippen molar-refractivity contribution in [1.82, 2.24) is 0 Å². The number of halogens is 2. The van der Waals surface area contributed by atoms with Crippen molar-refractivity contribution >= 4 is 16.6 Å². The molecule has 0 amide bonds. The predicted molar refractivity (Wildman–Crippen MR) is 50.6 cm³/mol. The van der Waals surface area contributed by atoms with Gasteiger partial charge in [-0.15, -0.1) is 0 Å². The summed E-state index contributed by atoms with van der Waals surface area (Å²) in [6.45, 7) is 1.79. The van der Waals surface area contributed by atoms with Crippen LogP contribution in [0.4, 0.5) is 4.39 Å². The molecule has 0 bridgehead atoms. The fourth-order valence-corrected chi connectivity index (χ4v) is 1.15. The summed E-state index contributed by atoms with van der Waals surface area (Å²) >= 11 is 5.66. The van der Waals surface area contributed by atoms with Crippen molar-refractivity contribution in [2.75, 3.05) is 0 Å². The highest BCUT2D eigenvalue weighted by molar-refractivity contribution is 6.49. The molecule has 1 rings (SSSR count). The van der Waals surface area contributed by atoms with Crippen LogP contribution in [0.15, 0.2) is 24.3 Å². The van der Waals surface area contributed by atoms with E-state index in [0.717, 1.165) is 11.6 Å². The Labute approximate surface area is 81.1 Å². The highest BCUT2D eigenvalue weighted by Crippen LogP contribution is 2.22. The third-order valence-electron chi connectivity index (χ3n) is 1.57. The number of hydrogen-bond acceptors (Lipinski definition) is 1. The van der Waals surface area contributed by atoms with Crippen LogP contribution >= 0.6 is 11.6 Å². The van der Waals surface area contributed by atoms with Crippen LogP contribution in [0.3, 0.4) is 0 Å². The molecule has 0 N–H and O–H groups in total. The van der Waals surface area contributed by atoms with Crippen LogP contribution in [0.25, 0.3) is 5.03 Å². The lowest BCUT2D eigenvalue weighted by atomic mass is 10.1. The van der Waals surface area contributed by atoms with Crippen molar-refractivity contribution in [3.05, 3.63) is 41.2 Å². The van der Waals surface area contributed by atoms with Gasteiger partial charge in [0.15, 0.2) is 0 Å². The van der Waals surface area contributed by atoms with Gasteiger partial charge in [-0.1, -0.05) is 23.7 Å². The zero-order valence-corrected chi connectivity index (χ0v) is 7.77. The molecule has 0 spiro atoms. The van der Waals surface area contributed by atoms with E-state index in [1.807, 2.05) is 0 Å². The van der Waals surface area contributed by atoms with Gasteiger partial charge in [-0.05, 0) is 18.6 Å². The molecule has 0 aliphatic carbocycles. The van der Waals surface area contributed by atoms with Gasteiger partial charge in [0, 0.05) is 11.6 Å². The smallest absolute Gasteiger partial charge is 0.132 e. The summed E-state index contributed by atoms with van der Waals surface area (Å²) in [5.41, 5.74) is 1.08. The molecular formula is C10H7ClFN. The first kappa shape index (κ1) is 9.76. The molecule has 13 heavy (non-hydrogen) atoms. The molecule has 0 unspecified atom stereocenters. The van der Waals surface area contributed by atoms with E-state index >= 15 is 0 Å². The highest BCUT2D eigenvalue weighted by Gasteiger charge is 2.04. The molecule has 0 radical (unpaired) electrons. The van der Waals surface area contributed by atoms with Gasteiger partial charge in [-0.2, -0.15) is 5.26 Å². The van der Waals surface area contributed by atoms with Gasteiger partial charge in [-0.25, -0.2) is 4.39 Å². The van der Waals surface area contributed by atoms with Gasteiger partial charge in [0.1, 0.15) is 5.82 Å². The number of aryl methyl sites for hydroxylation is 1. The standard InChI is InChI=1S/C10H7ClFN/c1-7-2-3-8(10(12)6-7)9(11)4-5-13/h2-4,6H,1H3. The molecule has 3 heteroatoms. The lowest BCUT2D eigenvalue weighted by Gasteiger charge is -2.00. The number of allylic oxidation sites excluding steroid dienone is 1. The van der Waals surface area contributed by atoms with E-state index in [9.17, 15) is 4.39 Å². The Hall–Kier alpha value is -1.33. The maximum absolute atomic E-state index is 13.2. The van der Waals surface area contributed by atoms with E-state index in [0.29, 0.717) is 0 Å². The van der Waals surface area contributed by atoms with Crippen LogP contribution in [-0.4, -0.2) is 0 Å². The highest BCUT2D eigenvalue weighted by atomic mass is 35.5. The number of nitrogens with zero attached hydrogens (tertiary/aromatic N) is 1. The first-order valence-electron chi connectivity index (χ1n) is 3.67. The second-order valence-electron chi connectivity index (χ2n) is 2.60. The number of benzene rings is 1. The minimum Gasteiger partial charge on any atom is -0.206 e. The average Bonchev–Trinajstić information content (AvgIpc) is 2.04. The van der Waals surface area contributed by atoms with E-state index in [1.165, 1.54) is 6.07 Å². The summed E-state index contributed by atoms with van der Waals surface area (Å²) in [5.74, 6) is -0.406. The SMILES string of the molecule is Cc1ccc(C(Cl)=CC#N)c(F)c1. The summed E-state index contributed by atoms with van der Waals surface area (Å²) in [4.78, 5) is 0. The summed E-state index contributed by atoms with van der Waals surface area (Å²) in [5, 5.41) is 8.44. The van der Waals surface area contributed by atoms with Crippen molar-refractivity contribution in [3.8, 4) is 6.07 Å². The Bertz CT molecular complexity index is 390. The minimum absolute atomic E-state index is 0.125. The number of rotatable bonds is 1. The fraction of sp³-hybridized carbons (Fsp3) is 0.100. The molecule has 0 fully saturated rings. The van der Waals surface area contributed by atoms with Crippen LogP contribution in [0, 0.1) is 24.1 Å². The fourth-order valence-electron chi connectivity index (χ4n) is 0.948. The van der Waals surface area contributed by atoms with Gasteiger partial charge < -0.3 is 0 Å². The Kier molecular flexibility index (Phi) is 3.05. The van der Waals surface area contributed by atoms with Crippen molar-refractivity contribution in [2.24, 2.45) is 0 Å². The molecule has 0 saturated heterocycles. The Morgan fingerprint density at radius 1 is 1.62 bits per heavy atom. The van der Waals surface area contributed by atoms with Crippen LogP contribution in [0.5, 0.6) is 0 Å². The molecule has 1 aromatic rings. The zero-order valence-electron chi connectivity index (χ0n) is 7.01. The average molecular weight is 196 g/mol. The molecule has 0 atom stereocenters. The Morgan fingerprint density at radius 3 is 2.85 bits per heavy atom. The molecule has 0 saturated carbocycles. The van der Waals surface area contributed by atoms with E-state index in [4.69, 9.17) is 16.9 Å². The normalized spacial score (nSPS) is 11.1. The quantitative estimate of drug-likeness (QED) is 0.631. The van der Waals surface area contributed by atoms with E-state index in [-0.39, 0.29) is 10.6 Å². The third-order valence-corrected chi connectivity index (χ3v) is 1.89. The second kappa shape index (κ2) is 4.06. The minimum atomic E-state index is -0.406. The number of nitriles is 1. The van der Waals surface area contributed by atoms with Crippen molar-refractivity contribution in [3.63, 3.8) is 0 Å². The van der Waals surface area contributed by atoms with Crippen LogP contribution < -0.4 is 0 Å². The summed E-state index contributed by atoms with van der Waals surface area (Å²) in [6.07, 6.45) is 1.11. The van der Waals surface area contributed by atoms with Gasteiger partial charge >= 0.3 is 0 Å². The molecule has 1 nitrogen and oxygen atoms in total. The topological polar surface area (TPSA) is 23.8 Å². The maximum Gasteiger partial charge on any atom is 0.132 e. The monoisotopic (exact) mass is 195 g/mol. The second-order valence-corrected chi connectivity index (χ2v) is 3.01. The number of hydrogen-bond donors (Lipinski definition) is 0. The van der Waals surface area contributed by atoms with Crippen molar-refractivity contribution in [2.45, 2.75) is 6.92 Å². The third kappa shape index (κ3) is 2.30. The molecular weight excluding hydrogens is 189 g/mol. The van der Waals surface area contributed by atoms with E-state index in [2.05, 4.69) is 0 Å². The van der Waals surface area contributed by atoms with Gasteiger partial charge in [0.25, 0.3) is 0 Å². The van der Waals surface area contributed by atoms with Crippen LogP contribution in [0.1, 0.15) is 11.1 Å². The molecule has 66 valence electrons. The molecule has 0 aliphatic heterocycles.